The van der Waals surface area contributed by atoms with E-state index < -0.39 is 5.97 Å². The fraction of sp³-hybridized carbons (Fsp3) is 0.429. The van der Waals surface area contributed by atoms with Crippen LogP contribution in [0.4, 0.5) is 0 Å². The minimum atomic E-state index is -0.814. The van der Waals surface area contributed by atoms with E-state index in [1.165, 1.54) is 11.1 Å². The quantitative estimate of drug-likeness (QED) is 0.799. The highest BCUT2D eigenvalue weighted by Gasteiger charge is 2.38. The van der Waals surface area contributed by atoms with Crippen molar-refractivity contribution in [3.05, 3.63) is 35.4 Å². The molecule has 3 rings (SSSR count). The summed E-state index contributed by atoms with van der Waals surface area (Å²) in [5, 5.41) is 12.0. The largest absolute Gasteiger partial charge is 0.481 e. The van der Waals surface area contributed by atoms with Gasteiger partial charge in [0.2, 0.25) is 5.91 Å². The predicted molar refractivity (Wildman–Crippen MR) is 68.5 cm³/mol. The van der Waals surface area contributed by atoms with Gasteiger partial charge in [0, 0.05) is 19.6 Å². The van der Waals surface area contributed by atoms with Gasteiger partial charge in [0.1, 0.15) is 0 Å². The summed E-state index contributed by atoms with van der Waals surface area (Å²) in [6, 6.07) is 7.87. The standard InChI is InChI=1S/C14H16N2O3/c17-13(16-7-11(8-16)14(18)19)12-5-9-3-1-2-4-10(9)6-15-12/h1-4,11-12,15H,5-8H2,(H,18,19). The predicted octanol–water partition coefficient (Wildman–Crippen LogP) is 0.244. The highest BCUT2D eigenvalue weighted by molar-refractivity contribution is 5.85. The van der Waals surface area contributed by atoms with Crippen molar-refractivity contribution in [3.8, 4) is 0 Å². The first-order valence-corrected chi connectivity index (χ1v) is 6.47. The smallest absolute Gasteiger partial charge is 0.310 e. The van der Waals surface area contributed by atoms with Crippen molar-refractivity contribution in [1.82, 2.24) is 10.2 Å². The normalized spacial score (nSPS) is 22.5. The fourth-order valence-electron chi connectivity index (χ4n) is 2.66. The van der Waals surface area contributed by atoms with Crippen LogP contribution in [0.2, 0.25) is 0 Å². The Morgan fingerprint density at radius 3 is 2.58 bits per heavy atom. The maximum absolute atomic E-state index is 12.2. The lowest BCUT2D eigenvalue weighted by atomic mass is 9.93. The molecule has 1 aromatic rings. The number of fused-ring (bicyclic) bond motifs is 1. The second kappa shape index (κ2) is 4.66. The Balaban J connectivity index is 1.63. The molecule has 2 heterocycles. The summed E-state index contributed by atoms with van der Waals surface area (Å²) in [5.74, 6) is -1.18. The van der Waals surface area contributed by atoms with Crippen molar-refractivity contribution in [2.75, 3.05) is 13.1 Å². The van der Waals surface area contributed by atoms with Crippen LogP contribution in [0.25, 0.3) is 0 Å². The molecule has 5 nitrogen and oxygen atoms in total. The molecule has 1 atom stereocenters. The van der Waals surface area contributed by atoms with E-state index in [2.05, 4.69) is 11.4 Å². The maximum atomic E-state index is 12.2. The number of carbonyl (C=O) groups excluding carboxylic acids is 1. The first-order chi connectivity index (χ1) is 9.15. The number of nitrogens with one attached hydrogen (secondary N) is 1. The average molecular weight is 260 g/mol. The Bertz CT molecular complexity index is 523. The Morgan fingerprint density at radius 1 is 1.21 bits per heavy atom. The summed E-state index contributed by atoms with van der Waals surface area (Å²) >= 11 is 0. The number of likely N-dealkylation sites (tertiary alicyclic amines) is 1. The van der Waals surface area contributed by atoms with Crippen LogP contribution in [0, 0.1) is 5.92 Å². The Kier molecular flexibility index (Phi) is 2.98. The number of hydrogen-bond donors (Lipinski definition) is 2. The van der Waals surface area contributed by atoms with Crippen LogP contribution < -0.4 is 5.32 Å². The lowest BCUT2D eigenvalue weighted by Crippen LogP contribution is -2.59. The van der Waals surface area contributed by atoms with Gasteiger partial charge in [-0.1, -0.05) is 24.3 Å². The van der Waals surface area contributed by atoms with Crippen LogP contribution >= 0.6 is 0 Å². The zero-order chi connectivity index (χ0) is 13.4. The Hall–Kier alpha value is -1.88. The summed E-state index contributed by atoms with van der Waals surface area (Å²) in [6.07, 6.45) is 0.684. The molecule has 0 bridgehead atoms. The number of carbonyl (C=O) groups is 2. The van der Waals surface area contributed by atoms with Gasteiger partial charge in [0.25, 0.3) is 0 Å². The summed E-state index contributed by atoms with van der Waals surface area (Å²) < 4.78 is 0. The van der Waals surface area contributed by atoms with Gasteiger partial charge in [-0.25, -0.2) is 0 Å². The molecule has 1 amide bonds. The molecule has 0 saturated carbocycles. The molecule has 19 heavy (non-hydrogen) atoms. The molecular weight excluding hydrogens is 244 g/mol. The third-order valence-corrected chi connectivity index (χ3v) is 3.92. The van der Waals surface area contributed by atoms with Crippen LogP contribution in [0.3, 0.4) is 0 Å². The number of amides is 1. The highest BCUT2D eigenvalue weighted by Crippen LogP contribution is 2.21. The molecule has 2 aliphatic heterocycles. The van der Waals surface area contributed by atoms with E-state index in [-0.39, 0.29) is 17.9 Å². The lowest BCUT2D eigenvalue weighted by molar-refractivity contribution is -0.153. The monoisotopic (exact) mass is 260 g/mol. The first kappa shape index (κ1) is 12.2. The lowest BCUT2D eigenvalue weighted by Gasteiger charge is -2.39. The molecule has 5 heteroatoms. The molecule has 100 valence electrons. The summed E-state index contributed by atoms with van der Waals surface area (Å²) in [4.78, 5) is 24.6. The molecule has 0 spiro atoms. The molecule has 0 aliphatic carbocycles. The minimum Gasteiger partial charge on any atom is -0.481 e. The van der Waals surface area contributed by atoms with E-state index in [0.717, 1.165) is 0 Å². The fourth-order valence-corrected chi connectivity index (χ4v) is 2.66. The molecule has 2 N–H and O–H groups in total. The molecular formula is C14H16N2O3. The molecule has 1 saturated heterocycles. The molecule has 0 aromatic heterocycles. The molecule has 2 aliphatic rings. The van der Waals surface area contributed by atoms with Crippen LogP contribution in [0.5, 0.6) is 0 Å². The number of nitrogens with zero attached hydrogens (tertiary/aromatic N) is 1. The SMILES string of the molecule is O=C(O)C1CN(C(=O)C2Cc3ccccc3CN2)C1. The van der Waals surface area contributed by atoms with Crippen molar-refractivity contribution >= 4 is 11.9 Å². The Morgan fingerprint density at radius 2 is 1.89 bits per heavy atom. The summed E-state index contributed by atoms with van der Waals surface area (Å²) in [7, 11) is 0. The van der Waals surface area contributed by atoms with Crippen molar-refractivity contribution in [3.63, 3.8) is 0 Å². The van der Waals surface area contributed by atoms with Gasteiger partial charge < -0.3 is 15.3 Å². The van der Waals surface area contributed by atoms with E-state index in [1.807, 2.05) is 18.2 Å². The van der Waals surface area contributed by atoms with Crippen molar-refractivity contribution in [2.24, 2.45) is 5.92 Å². The van der Waals surface area contributed by atoms with E-state index in [1.54, 1.807) is 4.90 Å². The topological polar surface area (TPSA) is 69.6 Å². The van der Waals surface area contributed by atoms with Crippen molar-refractivity contribution in [1.29, 1.82) is 0 Å². The van der Waals surface area contributed by atoms with E-state index in [0.29, 0.717) is 26.1 Å². The molecule has 1 aromatic carbocycles. The minimum absolute atomic E-state index is 0.0204. The van der Waals surface area contributed by atoms with Gasteiger partial charge in [-0.3, -0.25) is 9.59 Å². The van der Waals surface area contributed by atoms with Gasteiger partial charge in [-0.2, -0.15) is 0 Å². The highest BCUT2D eigenvalue weighted by atomic mass is 16.4. The van der Waals surface area contributed by atoms with E-state index in [4.69, 9.17) is 5.11 Å². The second-order valence-electron chi connectivity index (χ2n) is 5.18. The number of rotatable bonds is 2. The third kappa shape index (κ3) is 2.21. The number of benzene rings is 1. The van der Waals surface area contributed by atoms with Crippen LogP contribution in [0.1, 0.15) is 11.1 Å². The van der Waals surface area contributed by atoms with Gasteiger partial charge in [0.15, 0.2) is 0 Å². The average Bonchev–Trinajstić information content (AvgIpc) is 2.35. The zero-order valence-corrected chi connectivity index (χ0v) is 10.5. The van der Waals surface area contributed by atoms with Crippen molar-refractivity contribution < 1.29 is 14.7 Å². The Labute approximate surface area is 111 Å². The molecule has 1 unspecified atom stereocenters. The maximum Gasteiger partial charge on any atom is 0.310 e. The van der Waals surface area contributed by atoms with Gasteiger partial charge in [-0.15, -0.1) is 0 Å². The zero-order valence-electron chi connectivity index (χ0n) is 10.5. The van der Waals surface area contributed by atoms with Gasteiger partial charge in [0.05, 0.1) is 12.0 Å². The molecule has 0 radical (unpaired) electrons. The number of carboxylic acids is 1. The van der Waals surface area contributed by atoms with Crippen LogP contribution in [0.15, 0.2) is 24.3 Å². The molecule has 1 fully saturated rings. The van der Waals surface area contributed by atoms with Gasteiger partial charge in [-0.05, 0) is 17.5 Å². The third-order valence-electron chi connectivity index (χ3n) is 3.92. The first-order valence-electron chi connectivity index (χ1n) is 6.47. The summed E-state index contributed by atoms with van der Waals surface area (Å²) in [6.45, 7) is 1.38. The second-order valence-corrected chi connectivity index (χ2v) is 5.18. The van der Waals surface area contributed by atoms with Crippen LogP contribution in [-0.4, -0.2) is 41.0 Å². The summed E-state index contributed by atoms with van der Waals surface area (Å²) in [5.41, 5.74) is 2.44. The van der Waals surface area contributed by atoms with Crippen molar-refractivity contribution in [2.45, 2.75) is 19.0 Å². The van der Waals surface area contributed by atoms with Gasteiger partial charge >= 0.3 is 5.97 Å². The number of aliphatic carboxylic acids is 1. The number of carboxylic acid groups (broad SMARTS) is 1. The van der Waals surface area contributed by atoms with E-state index in [9.17, 15) is 9.59 Å². The number of hydrogen-bond acceptors (Lipinski definition) is 3. The van der Waals surface area contributed by atoms with Crippen LogP contribution in [-0.2, 0) is 22.6 Å². The van der Waals surface area contributed by atoms with E-state index >= 15 is 0 Å².